The van der Waals surface area contributed by atoms with Gasteiger partial charge in [-0.3, -0.25) is 14.9 Å². The number of carbonyl (C=O) groups is 2. The smallest absolute Gasteiger partial charge is 0.272 e. The SMILES string of the molecule is CCCONC(=O)NC(=O)C(=C(SC)SC)C1CC1. The van der Waals surface area contributed by atoms with E-state index in [0.29, 0.717) is 12.5 Å². The lowest BCUT2D eigenvalue weighted by molar-refractivity contribution is -0.117. The van der Waals surface area contributed by atoms with Crippen molar-refractivity contribution in [1.82, 2.24) is 10.8 Å². The quantitative estimate of drug-likeness (QED) is 0.430. The molecule has 0 aromatic carbocycles. The molecule has 0 bridgehead atoms. The van der Waals surface area contributed by atoms with Crippen molar-refractivity contribution in [3.63, 3.8) is 0 Å². The van der Waals surface area contributed by atoms with E-state index in [2.05, 4.69) is 10.8 Å². The van der Waals surface area contributed by atoms with Crippen molar-refractivity contribution >= 4 is 35.5 Å². The molecule has 1 rings (SSSR count). The van der Waals surface area contributed by atoms with Crippen LogP contribution in [0.2, 0.25) is 0 Å². The third-order valence-corrected chi connectivity index (χ3v) is 4.70. The number of urea groups is 1. The van der Waals surface area contributed by atoms with E-state index in [1.165, 1.54) is 0 Å². The van der Waals surface area contributed by atoms with Crippen LogP contribution in [0.15, 0.2) is 9.81 Å². The summed E-state index contributed by atoms with van der Waals surface area (Å²) >= 11 is 3.08. The Morgan fingerprint density at radius 1 is 1.26 bits per heavy atom. The van der Waals surface area contributed by atoms with Crippen molar-refractivity contribution in [3.8, 4) is 0 Å². The zero-order chi connectivity index (χ0) is 14.3. The number of hydroxylamine groups is 1. The van der Waals surface area contributed by atoms with E-state index < -0.39 is 6.03 Å². The van der Waals surface area contributed by atoms with Crippen LogP contribution in [0.4, 0.5) is 4.79 Å². The second-order valence-electron chi connectivity index (χ2n) is 4.12. The van der Waals surface area contributed by atoms with Crippen molar-refractivity contribution in [2.24, 2.45) is 5.92 Å². The molecule has 19 heavy (non-hydrogen) atoms. The summed E-state index contributed by atoms with van der Waals surface area (Å²) in [6.07, 6.45) is 6.70. The number of hydrogen-bond donors (Lipinski definition) is 2. The molecule has 1 saturated carbocycles. The molecule has 0 aromatic heterocycles. The molecule has 2 N–H and O–H groups in total. The van der Waals surface area contributed by atoms with E-state index in [9.17, 15) is 9.59 Å². The van der Waals surface area contributed by atoms with Crippen molar-refractivity contribution in [2.45, 2.75) is 26.2 Å². The normalized spacial score (nSPS) is 13.8. The monoisotopic (exact) mass is 304 g/mol. The van der Waals surface area contributed by atoms with Crippen LogP contribution in [0, 0.1) is 5.92 Å². The zero-order valence-corrected chi connectivity index (χ0v) is 13.1. The molecule has 5 nitrogen and oxygen atoms in total. The van der Waals surface area contributed by atoms with Crippen LogP contribution >= 0.6 is 23.5 Å². The molecule has 1 aliphatic carbocycles. The van der Waals surface area contributed by atoms with Crippen molar-refractivity contribution in [2.75, 3.05) is 19.1 Å². The first-order chi connectivity index (χ1) is 9.13. The van der Waals surface area contributed by atoms with Crippen LogP contribution in [-0.2, 0) is 9.63 Å². The largest absolute Gasteiger partial charge is 0.345 e. The van der Waals surface area contributed by atoms with E-state index in [-0.39, 0.29) is 5.91 Å². The Kier molecular flexibility index (Phi) is 7.33. The van der Waals surface area contributed by atoms with E-state index in [4.69, 9.17) is 4.84 Å². The van der Waals surface area contributed by atoms with Crippen LogP contribution in [0.3, 0.4) is 0 Å². The number of imide groups is 1. The summed E-state index contributed by atoms with van der Waals surface area (Å²) in [6, 6.07) is -0.613. The molecule has 1 fully saturated rings. The van der Waals surface area contributed by atoms with E-state index in [1.54, 1.807) is 23.5 Å². The van der Waals surface area contributed by atoms with Crippen LogP contribution < -0.4 is 10.8 Å². The summed E-state index contributed by atoms with van der Waals surface area (Å²) in [5.74, 6) is -0.0296. The number of hydrogen-bond acceptors (Lipinski definition) is 5. The molecular weight excluding hydrogens is 284 g/mol. The molecule has 0 heterocycles. The van der Waals surface area contributed by atoms with Gasteiger partial charge in [-0.15, -0.1) is 23.5 Å². The minimum Gasteiger partial charge on any atom is -0.272 e. The molecule has 1 aliphatic rings. The molecule has 0 spiro atoms. The average Bonchev–Trinajstić information content (AvgIpc) is 3.20. The molecule has 0 aliphatic heterocycles. The molecule has 3 amide bonds. The summed E-state index contributed by atoms with van der Waals surface area (Å²) in [6.45, 7) is 2.36. The van der Waals surface area contributed by atoms with Gasteiger partial charge in [-0.2, -0.15) is 0 Å². The fourth-order valence-corrected chi connectivity index (χ4v) is 3.16. The Hall–Kier alpha value is -0.660. The maximum absolute atomic E-state index is 12.1. The number of nitrogens with one attached hydrogen (secondary N) is 2. The highest BCUT2D eigenvalue weighted by Gasteiger charge is 2.33. The Morgan fingerprint density at radius 3 is 2.37 bits per heavy atom. The Bertz CT molecular complexity index is 362. The van der Waals surface area contributed by atoms with Gasteiger partial charge in [0.15, 0.2) is 0 Å². The summed E-state index contributed by atoms with van der Waals surface area (Å²) in [7, 11) is 0. The van der Waals surface area contributed by atoms with Gasteiger partial charge in [-0.25, -0.2) is 10.3 Å². The van der Waals surface area contributed by atoms with Crippen LogP contribution in [0.25, 0.3) is 0 Å². The summed E-state index contributed by atoms with van der Waals surface area (Å²) in [5, 5.41) is 2.31. The Morgan fingerprint density at radius 2 is 1.89 bits per heavy atom. The van der Waals surface area contributed by atoms with Crippen LogP contribution in [0.1, 0.15) is 26.2 Å². The van der Waals surface area contributed by atoms with Gasteiger partial charge in [0.1, 0.15) is 0 Å². The number of amides is 3. The van der Waals surface area contributed by atoms with Gasteiger partial charge in [0.2, 0.25) is 0 Å². The zero-order valence-electron chi connectivity index (χ0n) is 11.4. The van der Waals surface area contributed by atoms with E-state index >= 15 is 0 Å². The molecular formula is C12H20N2O3S2. The molecule has 108 valence electrons. The maximum atomic E-state index is 12.1. The maximum Gasteiger partial charge on any atom is 0.345 e. The van der Waals surface area contributed by atoms with E-state index in [1.807, 2.05) is 19.4 Å². The summed E-state index contributed by atoms with van der Waals surface area (Å²) in [4.78, 5) is 28.5. The Balaban J connectivity index is 2.58. The number of rotatable bonds is 7. The molecule has 7 heteroatoms. The van der Waals surface area contributed by atoms with Crippen LogP contribution in [-0.4, -0.2) is 31.1 Å². The highest BCUT2D eigenvalue weighted by molar-refractivity contribution is 8.21. The highest BCUT2D eigenvalue weighted by Crippen LogP contribution is 2.42. The average molecular weight is 304 g/mol. The summed E-state index contributed by atoms with van der Waals surface area (Å²) in [5.41, 5.74) is 2.92. The molecule has 0 atom stereocenters. The lowest BCUT2D eigenvalue weighted by atomic mass is 10.2. The Labute approximate surface area is 122 Å². The fourth-order valence-electron chi connectivity index (χ4n) is 1.53. The predicted molar refractivity (Wildman–Crippen MR) is 79.7 cm³/mol. The van der Waals surface area contributed by atoms with Gasteiger partial charge in [0.05, 0.1) is 6.61 Å². The summed E-state index contributed by atoms with van der Waals surface area (Å²) < 4.78 is 0.974. The molecule has 0 radical (unpaired) electrons. The first-order valence-corrected chi connectivity index (χ1v) is 8.64. The van der Waals surface area contributed by atoms with Gasteiger partial charge < -0.3 is 0 Å². The van der Waals surface area contributed by atoms with Gasteiger partial charge in [-0.05, 0) is 37.7 Å². The van der Waals surface area contributed by atoms with Gasteiger partial charge in [0.25, 0.3) is 5.91 Å². The molecule has 0 saturated heterocycles. The van der Waals surface area contributed by atoms with E-state index in [0.717, 1.165) is 29.1 Å². The lowest BCUT2D eigenvalue weighted by Crippen LogP contribution is -2.40. The van der Waals surface area contributed by atoms with Crippen LogP contribution in [0.5, 0.6) is 0 Å². The minimum atomic E-state index is -0.613. The standard InChI is InChI=1S/C12H20N2O3S2/c1-4-7-17-14-12(16)13-10(15)9(8-5-6-8)11(18-2)19-3/h8H,4-7H2,1-3H3,(H2,13,14,15,16). The van der Waals surface area contributed by atoms with Crippen molar-refractivity contribution < 1.29 is 14.4 Å². The number of carbonyl (C=O) groups excluding carboxylic acids is 2. The first-order valence-electron chi connectivity index (χ1n) is 6.19. The predicted octanol–water partition coefficient (Wildman–Crippen LogP) is 2.50. The third kappa shape index (κ3) is 5.46. The molecule has 0 unspecified atom stereocenters. The van der Waals surface area contributed by atoms with Gasteiger partial charge >= 0.3 is 6.03 Å². The third-order valence-electron chi connectivity index (χ3n) is 2.52. The first kappa shape index (κ1) is 16.4. The lowest BCUT2D eigenvalue weighted by Gasteiger charge is -2.11. The van der Waals surface area contributed by atoms with Gasteiger partial charge in [-0.1, -0.05) is 6.92 Å². The highest BCUT2D eigenvalue weighted by atomic mass is 32.2. The van der Waals surface area contributed by atoms with Crippen molar-refractivity contribution in [3.05, 3.63) is 9.81 Å². The topological polar surface area (TPSA) is 67.4 Å². The second-order valence-corrected chi connectivity index (χ2v) is 6.01. The van der Waals surface area contributed by atoms with Gasteiger partial charge in [0, 0.05) is 9.81 Å². The van der Waals surface area contributed by atoms with Crippen molar-refractivity contribution in [1.29, 1.82) is 0 Å². The fraction of sp³-hybridized carbons (Fsp3) is 0.667. The minimum absolute atomic E-state index is 0.291. The number of thioether (sulfide) groups is 2. The second kappa shape index (κ2) is 8.50. The molecule has 0 aromatic rings.